The number of carbonyl (C=O) groups is 2. The van der Waals surface area contributed by atoms with Crippen molar-refractivity contribution < 1.29 is 9.59 Å². The average molecular weight is 454 g/mol. The molecule has 30 heavy (non-hydrogen) atoms. The quantitative estimate of drug-likeness (QED) is 0.232. The normalized spacial score (nSPS) is 11.0. The Kier molecular flexibility index (Phi) is 6.26. The van der Waals surface area contributed by atoms with Gasteiger partial charge in [0.15, 0.2) is 5.78 Å². The van der Waals surface area contributed by atoms with Crippen molar-refractivity contribution in [1.29, 1.82) is 0 Å². The average Bonchev–Trinajstić information content (AvgIpc) is 3.38. The number of aromatic nitrogens is 2. The van der Waals surface area contributed by atoms with Crippen LogP contribution in [0.5, 0.6) is 0 Å². The van der Waals surface area contributed by atoms with Gasteiger partial charge in [-0.05, 0) is 24.6 Å². The standard InChI is InChI=1S/C22H19N3O2S3/c1-13-3-5-15(6-4-13)17-10-28-21-20(17)22(25-12-24-21)29-11-18(27)19-8-7-16(30-19)9-23-14(2)26/h3-8,10,12H,9,11H2,1-2H3,(H,23,26). The Morgan fingerprint density at radius 3 is 2.67 bits per heavy atom. The molecule has 0 atom stereocenters. The number of nitrogens with one attached hydrogen (secondary N) is 1. The first-order valence-electron chi connectivity index (χ1n) is 9.29. The number of fused-ring (bicyclic) bond motifs is 1. The fourth-order valence-corrected chi connectivity index (χ4v) is 5.79. The van der Waals surface area contributed by atoms with Crippen LogP contribution in [0.2, 0.25) is 0 Å². The highest BCUT2D eigenvalue weighted by molar-refractivity contribution is 8.00. The summed E-state index contributed by atoms with van der Waals surface area (Å²) in [5.41, 5.74) is 3.43. The molecular formula is C22H19N3O2S3. The molecule has 0 saturated carbocycles. The van der Waals surface area contributed by atoms with Gasteiger partial charge in [-0.15, -0.1) is 22.7 Å². The SMILES string of the molecule is CC(=O)NCc1ccc(C(=O)CSc2ncnc3scc(-c4ccc(C)cc4)c23)s1. The minimum Gasteiger partial charge on any atom is -0.351 e. The van der Waals surface area contributed by atoms with E-state index in [4.69, 9.17) is 0 Å². The first kappa shape index (κ1) is 20.7. The first-order chi connectivity index (χ1) is 14.5. The molecule has 152 valence electrons. The lowest BCUT2D eigenvalue weighted by Crippen LogP contribution is -2.18. The molecule has 5 nitrogen and oxygen atoms in total. The second-order valence-electron chi connectivity index (χ2n) is 6.76. The van der Waals surface area contributed by atoms with Gasteiger partial charge >= 0.3 is 0 Å². The summed E-state index contributed by atoms with van der Waals surface area (Å²) in [6.07, 6.45) is 1.56. The number of thioether (sulfide) groups is 1. The largest absolute Gasteiger partial charge is 0.351 e. The van der Waals surface area contributed by atoms with E-state index in [-0.39, 0.29) is 11.7 Å². The van der Waals surface area contributed by atoms with Crippen LogP contribution in [0.25, 0.3) is 21.3 Å². The summed E-state index contributed by atoms with van der Waals surface area (Å²) < 4.78 is 0. The third-order valence-electron chi connectivity index (χ3n) is 4.49. The van der Waals surface area contributed by atoms with Crippen LogP contribution in [-0.4, -0.2) is 27.4 Å². The Hall–Kier alpha value is -2.55. The second-order valence-corrected chi connectivity index (χ2v) is 9.75. The summed E-state index contributed by atoms with van der Waals surface area (Å²) in [5, 5.41) is 6.68. The number of aryl methyl sites for hydroxylation is 1. The molecule has 0 aliphatic heterocycles. The van der Waals surface area contributed by atoms with Crippen LogP contribution in [0.1, 0.15) is 27.0 Å². The molecule has 0 radical (unpaired) electrons. The molecule has 0 spiro atoms. The maximum Gasteiger partial charge on any atom is 0.217 e. The van der Waals surface area contributed by atoms with Crippen molar-refractivity contribution in [3.05, 3.63) is 63.4 Å². The van der Waals surface area contributed by atoms with E-state index in [9.17, 15) is 9.59 Å². The lowest BCUT2D eigenvalue weighted by atomic mass is 10.1. The number of hydrogen-bond acceptors (Lipinski definition) is 7. The zero-order chi connectivity index (χ0) is 21.1. The zero-order valence-electron chi connectivity index (χ0n) is 16.5. The smallest absolute Gasteiger partial charge is 0.217 e. The van der Waals surface area contributed by atoms with Crippen LogP contribution >= 0.6 is 34.4 Å². The minimum atomic E-state index is -0.0836. The van der Waals surface area contributed by atoms with Gasteiger partial charge < -0.3 is 5.32 Å². The summed E-state index contributed by atoms with van der Waals surface area (Å²) in [7, 11) is 0. The first-order valence-corrected chi connectivity index (χ1v) is 12.0. The summed E-state index contributed by atoms with van der Waals surface area (Å²) in [5.74, 6) is 0.271. The van der Waals surface area contributed by atoms with Crippen molar-refractivity contribution in [1.82, 2.24) is 15.3 Å². The number of rotatable bonds is 7. The third-order valence-corrected chi connectivity index (χ3v) is 7.49. The Balaban J connectivity index is 1.53. The number of Topliss-reactive ketones (excluding diaryl/α,β-unsaturated/α-hetero) is 1. The van der Waals surface area contributed by atoms with Gasteiger partial charge in [-0.1, -0.05) is 41.6 Å². The molecule has 0 aliphatic rings. The molecule has 0 saturated heterocycles. The molecule has 0 aliphatic carbocycles. The molecular weight excluding hydrogens is 434 g/mol. The monoisotopic (exact) mass is 453 g/mol. The molecule has 1 amide bonds. The summed E-state index contributed by atoms with van der Waals surface area (Å²) in [4.78, 5) is 35.2. The Morgan fingerprint density at radius 2 is 1.90 bits per heavy atom. The van der Waals surface area contributed by atoms with Crippen molar-refractivity contribution in [3.8, 4) is 11.1 Å². The number of ketones is 1. The van der Waals surface area contributed by atoms with Crippen molar-refractivity contribution >= 4 is 56.3 Å². The molecule has 0 unspecified atom stereocenters. The van der Waals surface area contributed by atoms with E-state index in [0.717, 1.165) is 31.2 Å². The maximum atomic E-state index is 12.7. The van der Waals surface area contributed by atoms with Crippen molar-refractivity contribution in [2.24, 2.45) is 0 Å². The van der Waals surface area contributed by atoms with Gasteiger partial charge in [-0.3, -0.25) is 9.59 Å². The number of thiophene rings is 2. The second kappa shape index (κ2) is 9.07. The molecule has 8 heteroatoms. The molecule has 3 heterocycles. The van der Waals surface area contributed by atoms with Gasteiger partial charge in [0.05, 0.1) is 22.6 Å². The molecule has 1 N–H and O–H groups in total. The maximum absolute atomic E-state index is 12.7. The summed E-state index contributed by atoms with van der Waals surface area (Å²) in [6, 6.07) is 12.1. The van der Waals surface area contributed by atoms with Gasteiger partial charge in [0.2, 0.25) is 5.91 Å². The highest BCUT2D eigenvalue weighted by Gasteiger charge is 2.16. The van der Waals surface area contributed by atoms with Crippen LogP contribution in [-0.2, 0) is 11.3 Å². The topological polar surface area (TPSA) is 72.0 Å². The van der Waals surface area contributed by atoms with Crippen LogP contribution in [0, 0.1) is 6.92 Å². The van der Waals surface area contributed by atoms with Crippen LogP contribution in [0.4, 0.5) is 0 Å². The van der Waals surface area contributed by atoms with E-state index in [0.29, 0.717) is 17.2 Å². The van der Waals surface area contributed by atoms with Crippen LogP contribution in [0.15, 0.2) is 53.1 Å². The van der Waals surface area contributed by atoms with E-state index in [1.807, 2.05) is 12.1 Å². The lowest BCUT2D eigenvalue weighted by molar-refractivity contribution is -0.119. The molecule has 3 aromatic heterocycles. The molecule has 4 rings (SSSR count). The van der Waals surface area contributed by atoms with E-state index < -0.39 is 0 Å². The number of carbonyl (C=O) groups excluding carboxylic acids is 2. The highest BCUT2D eigenvalue weighted by atomic mass is 32.2. The van der Waals surface area contributed by atoms with Crippen molar-refractivity contribution in [2.45, 2.75) is 25.4 Å². The number of nitrogens with zero attached hydrogens (tertiary/aromatic N) is 2. The van der Waals surface area contributed by atoms with Crippen LogP contribution in [0.3, 0.4) is 0 Å². The number of hydrogen-bond donors (Lipinski definition) is 1. The predicted molar refractivity (Wildman–Crippen MR) is 124 cm³/mol. The van der Waals surface area contributed by atoms with E-state index in [1.54, 1.807) is 17.7 Å². The molecule has 1 aromatic carbocycles. The van der Waals surface area contributed by atoms with Gasteiger partial charge in [0.1, 0.15) is 16.2 Å². The van der Waals surface area contributed by atoms with E-state index in [2.05, 4.69) is 51.9 Å². The van der Waals surface area contributed by atoms with Gasteiger partial charge in [-0.25, -0.2) is 9.97 Å². The summed E-state index contributed by atoms with van der Waals surface area (Å²) in [6.45, 7) is 3.99. The van der Waals surface area contributed by atoms with Crippen LogP contribution < -0.4 is 5.32 Å². The van der Waals surface area contributed by atoms with Crippen molar-refractivity contribution in [2.75, 3.05) is 5.75 Å². The fourth-order valence-electron chi connectivity index (χ4n) is 2.94. The summed E-state index contributed by atoms with van der Waals surface area (Å²) >= 11 is 4.44. The van der Waals surface area contributed by atoms with Gasteiger partial charge in [0, 0.05) is 22.7 Å². The molecule has 4 aromatic rings. The zero-order valence-corrected chi connectivity index (χ0v) is 18.9. The number of amides is 1. The fraction of sp³-hybridized carbons (Fsp3) is 0.182. The molecule has 0 bridgehead atoms. The Labute approximate surface area is 186 Å². The Morgan fingerprint density at radius 1 is 1.10 bits per heavy atom. The van der Waals surface area contributed by atoms with E-state index in [1.165, 1.54) is 35.6 Å². The number of benzene rings is 1. The lowest BCUT2D eigenvalue weighted by Gasteiger charge is -2.05. The third kappa shape index (κ3) is 4.61. The Bertz CT molecular complexity index is 1210. The van der Waals surface area contributed by atoms with E-state index >= 15 is 0 Å². The van der Waals surface area contributed by atoms with Gasteiger partial charge in [-0.2, -0.15) is 0 Å². The van der Waals surface area contributed by atoms with Gasteiger partial charge in [0.25, 0.3) is 0 Å². The van der Waals surface area contributed by atoms with Crippen molar-refractivity contribution in [3.63, 3.8) is 0 Å². The minimum absolute atomic E-state index is 0.0537. The highest BCUT2D eigenvalue weighted by Crippen LogP contribution is 2.38. The molecule has 0 fully saturated rings. The predicted octanol–water partition coefficient (Wildman–Crippen LogP) is 5.34.